The molecule has 0 spiro atoms. The normalized spacial score (nSPS) is 10.8. The second-order valence-corrected chi connectivity index (χ2v) is 5.00. The zero-order chi connectivity index (χ0) is 19.5. The van der Waals surface area contributed by atoms with Crippen LogP contribution in [0.25, 0.3) is 0 Å². The van der Waals surface area contributed by atoms with E-state index in [-0.39, 0.29) is 5.97 Å². The number of carboxylic acids is 1. The van der Waals surface area contributed by atoms with Crippen LogP contribution < -0.4 is 14.2 Å². The molecule has 7 nitrogen and oxygen atoms in total. The van der Waals surface area contributed by atoms with Crippen LogP contribution in [0.1, 0.15) is 25.0 Å². The van der Waals surface area contributed by atoms with Crippen molar-refractivity contribution in [2.24, 2.45) is 0 Å². The number of carbonyl (C=O) groups excluding carboxylic acids is 1. The molecule has 0 bridgehead atoms. The van der Waals surface area contributed by atoms with Gasteiger partial charge in [0, 0.05) is 12.5 Å². The molecule has 0 fully saturated rings. The highest BCUT2D eigenvalue weighted by molar-refractivity contribution is 5.74. The summed E-state index contributed by atoms with van der Waals surface area (Å²) in [5.74, 6) is -0.0197. The molecule has 140 valence electrons. The lowest BCUT2D eigenvalue weighted by Gasteiger charge is -2.09. The number of methoxy groups -OCH3 is 2. The molecule has 0 aliphatic rings. The average molecular weight is 362 g/mol. The summed E-state index contributed by atoms with van der Waals surface area (Å²) in [7, 11) is 3.07. The average Bonchev–Trinajstić information content (AvgIpc) is 2.68. The van der Waals surface area contributed by atoms with Crippen LogP contribution >= 0.6 is 0 Å². The molecular weight excluding hydrogens is 340 g/mol. The summed E-state index contributed by atoms with van der Waals surface area (Å²) >= 11 is 0. The molecule has 0 aromatic heterocycles. The lowest BCUT2D eigenvalue weighted by molar-refractivity contribution is -0.147. The fourth-order valence-corrected chi connectivity index (χ4v) is 1.84. The van der Waals surface area contributed by atoms with Gasteiger partial charge < -0.3 is 24.4 Å². The number of aliphatic carboxylic acids is 1. The van der Waals surface area contributed by atoms with Gasteiger partial charge in [0.2, 0.25) is 0 Å². The maximum atomic E-state index is 11.1. The lowest BCUT2D eigenvalue weighted by atomic mass is 10.1. The van der Waals surface area contributed by atoms with Crippen molar-refractivity contribution < 1.29 is 34.0 Å². The molecule has 2 aromatic rings. The number of hydrogen-bond donors (Lipinski definition) is 2. The van der Waals surface area contributed by atoms with Gasteiger partial charge in [0.25, 0.3) is 0 Å². The molecule has 0 aliphatic heterocycles. The van der Waals surface area contributed by atoms with Crippen molar-refractivity contribution >= 4 is 11.9 Å². The Labute approximate surface area is 151 Å². The van der Waals surface area contributed by atoms with E-state index in [0.717, 1.165) is 0 Å². The van der Waals surface area contributed by atoms with Crippen LogP contribution in [0, 0.1) is 0 Å². The molecule has 2 N–H and O–H groups in total. The van der Waals surface area contributed by atoms with E-state index in [1.807, 2.05) is 0 Å². The van der Waals surface area contributed by atoms with E-state index < -0.39 is 12.1 Å². The van der Waals surface area contributed by atoms with Gasteiger partial charge in [0.05, 0.1) is 14.2 Å². The molecule has 7 heteroatoms. The second-order valence-electron chi connectivity index (χ2n) is 5.00. The summed E-state index contributed by atoms with van der Waals surface area (Å²) < 4.78 is 15.2. The first-order valence-corrected chi connectivity index (χ1v) is 7.81. The number of ether oxygens (including phenoxy) is 3. The Hall–Kier alpha value is -3.06. The SMILES string of the molecule is CCC(=O)Oc1cc(OC)ccc1OC.O=C(O)C(O)c1ccccc1. The minimum Gasteiger partial charge on any atom is -0.497 e. The number of hydrogen-bond acceptors (Lipinski definition) is 6. The Morgan fingerprint density at radius 1 is 1.00 bits per heavy atom. The Kier molecular flexibility index (Phi) is 8.66. The van der Waals surface area contributed by atoms with Crippen LogP contribution in [-0.4, -0.2) is 36.4 Å². The van der Waals surface area contributed by atoms with Crippen molar-refractivity contribution in [3.8, 4) is 17.2 Å². The number of rotatable bonds is 6. The van der Waals surface area contributed by atoms with Gasteiger partial charge in [-0.05, 0) is 17.7 Å². The zero-order valence-corrected chi connectivity index (χ0v) is 14.8. The zero-order valence-electron chi connectivity index (χ0n) is 14.8. The van der Waals surface area contributed by atoms with Crippen molar-refractivity contribution in [3.63, 3.8) is 0 Å². The fourth-order valence-electron chi connectivity index (χ4n) is 1.84. The van der Waals surface area contributed by atoms with Crippen molar-refractivity contribution in [2.75, 3.05) is 14.2 Å². The standard InChI is InChI=1S/C11H14O4.C8H8O3/c1-4-11(12)15-10-7-8(13-2)5-6-9(10)14-3;9-7(8(10)11)6-4-2-1-3-5-6/h5-7H,4H2,1-3H3;1-5,7,9H,(H,10,11). The second kappa shape index (κ2) is 10.7. The summed E-state index contributed by atoms with van der Waals surface area (Å²) in [6.07, 6.45) is -1.09. The van der Waals surface area contributed by atoms with E-state index in [1.54, 1.807) is 62.6 Å². The predicted molar refractivity (Wildman–Crippen MR) is 94.5 cm³/mol. The molecule has 2 aromatic carbocycles. The number of esters is 1. The third-order valence-electron chi connectivity index (χ3n) is 3.23. The Morgan fingerprint density at radius 3 is 2.15 bits per heavy atom. The van der Waals surface area contributed by atoms with Gasteiger partial charge in [0.15, 0.2) is 17.6 Å². The van der Waals surface area contributed by atoms with Gasteiger partial charge in [-0.3, -0.25) is 4.79 Å². The highest BCUT2D eigenvalue weighted by Crippen LogP contribution is 2.31. The van der Waals surface area contributed by atoms with Gasteiger partial charge in [-0.25, -0.2) is 4.79 Å². The van der Waals surface area contributed by atoms with Gasteiger partial charge in [-0.15, -0.1) is 0 Å². The number of benzene rings is 2. The molecular formula is C19H22O7. The van der Waals surface area contributed by atoms with E-state index in [9.17, 15) is 9.59 Å². The fraction of sp³-hybridized carbons (Fsp3) is 0.263. The number of carboxylic acid groups (broad SMARTS) is 1. The van der Waals surface area contributed by atoms with Gasteiger partial charge in [0.1, 0.15) is 5.75 Å². The maximum Gasteiger partial charge on any atom is 0.337 e. The number of aliphatic hydroxyl groups excluding tert-OH is 1. The van der Waals surface area contributed by atoms with Crippen molar-refractivity contribution in [1.29, 1.82) is 0 Å². The number of carbonyl (C=O) groups is 2. The van der Waals surface area contributed by atoms with Crippen molar-refractivity contribution in [3.05, 3.63) is 54.1 Å². The van der Waals surface area contributed by atoms with Crippen LogP contribution in [0.4, 0.5) is 0 Å². The smallest absolute Gasteiger partial charge is 0.337 e. The molecule has 0 radical (unpaired) electrons. The van der Waals surface area contributed by atoms with Crippen LogP contribution in [0.3, 0.4) is 0 Å². The highest BCUT2D eigenvalue weighted by atomic mass is 16.6. The van der Waals surface area contributed by atoms with E-state index in [1.165, 1.54) is 7.11 Å². The first kappa shape index (κ1) is 21.0. The molecule has 1 atom stereocenters. The third kappa shape index (κ3) is 6.45. The van der Waals surface area contributed by atoms with E-state index in [4.69, 9.17) is 24.4 Å². The monoisotopic (exact) mass is 362 g/mol. The van der Waals surface area contributed by atoms with Crippen molar-refractivity contribution in [2.45, 2.75) is 19.4 Å². The predicted octanol–water partition coefficient (Wildman–Crippen LogP) is 2.82. The minimum absolute atomic E-state index is 0.304. The summed E-state index contributed by atoms with van der Waals surface area (Å²) in [5.41, 5.74) is 0.403. The van der Waals surface area contributed by atoms with E-state index in [0.29, 0.717) is 29.2 Å². The quantitative estimate of drug-likeness (QED) is 0.602. The molecule has 1 unspecified atom stereocenters. The van der Waals surface area contributed by atoms with Crippen molar-refractivity contribution in [1.82, 2.24) is 0 Å². The molecule has 0 aliphatic carbocycles. The number of aliphatic hydroxyl groups is 1. The molecule has 2 rings (SSSR count). The molecule has 0 saturated heterocycles. The summed E-state index contributed by atoms with van der Waals surface area (Å²) in [6, 6.07) is 13.3. The maximum absolute atomic E-state index is 11.1. The Morgan fingerprint density at radius 2 is 1.65 bits per heavy atom. The van der Waals surface area contributed by atoms with Crippen LogP contribution in [0.2, 0.25) is 0 Å². The van der Waals surface area contributed by atoms with Crippen LogP contribution in [-0.2, 0) is 9.59 Å². The van der Waals surface area contributed by atoms with Gasteiger partial charge in [-0.2, -0.15) is 0 Å². The van der Waals surface area contributed by atoms with E-state index >= 15 is 0 Å². The Bertz CT molecular complexity index is 713. The van der Waals surface area contributed by atoms with Gasteiger partial charge in [-0.1, -0.05) is 37.3 Å². The highest BCUT2D eigenvalue weighted by Gasteiger charge is 2.14. The summed E-state index contributed by atoms with van der Waals surface area (Å²) in [6.45, 7) is 1.73. The first-order chi connectivity index (χ1) is 12.4. The lowest BCUT2D eigenvalue weighted by Crippen LogP contribution is -2.09. The topological polar surface area (TPSA) is 102 Å². The summed E-state index contributed by atoms with van der Waals surface area (Å²) in [4.78, 5) is 21.4. The van der Waals surface area contributed by atoms with Crippen LogP contribution in [0.5, 0.6) is 17.2 Å². The molecule has 0 heterocycles. The molecule has 26 heavy (non-hydrogen) atoms. The van der Waals surface area contributed by atoms with Gasteiger partial charge >= 0.3 is 11.9 Å². The summed E-state index contributed by atoms with van der Waals surface area (Å²) in [5, 5.41) is 17.4. The molecule has 0 amide bonds. The largest absolute Gasteiger partial charge is 0.497 e. The van der Waals surface area contributed by atoms with Crippen LogP contribution in [0.15, 0.2) is 48.5 Å². The molecule has 0 saturated carbocycles. The third-order valence-corrected chi connectivity index (χ3v) is 3.23. The Balaban J connectivity index is 0.000000273. The minimum atomic E-state index is -1.41. The van der Waals surface area contributed by atoms with E-state index in [2.05, 4.69) is 0 Å². The first-order valence-electron chi connectivity index (χ1n) is 7.81.